The van der Waals surface area contributed by atoms with Crippen molar-refractivity contribution >= 4 is 16.0 Å². The van der Waals surface area contributed by atoms with Crippen molar-refractivity contribution < 1.29 is 22.9 Å². The maximum Gasteiger partial charge on any atom is 0.267 e. The van der Waals surface area contributed by atoms with Gasteiger partial charge in [0, 0.05) is 6.42 Å². The third-order valence-electron chi connectivity index (χ3n) is 7.76. The summed E-state index contributed by atoms with van der Waals surface area (Å²) in [5.74, 6) is -1.00. The van der Waals surface area contributed by atoms with Crippen LogP contribution in [0.4, 0.5) is 0 Å². The number of carbonyl (C=O) groups excluding carboxylic acids is 1. The highest BCUT2D eigenvalue weighted by Crippen LogP contribution is 2.13. The molecule has 0 bridgehead atoms. The monoisotopic (exact) mass is 637 g/mol. The van der Waals surface area contributed by atoms with Gasteiger partial charge in [-0.25, -0.2) is 0 Å². The Morgan fingerprint density at radius 1 is 0.636 bits per heavy atom. The smallest absolute Gasteiger partial charge is 0.267 e. The lowest BCUT2D eigenvalue weighted by Crippen LogP contribution is -2.46. The summed E-state index contributed by atoms with van der Waals surface area (Å²) in [6.07, 6.45) is 40.9. The number of aliphatic hydroxyl groups is 1. The number of nitrogens with one attached hydrogen (secondary N) is 1. The molecule has 0 fully saturated rings. The first-order valence-electron chi connectivity index (χ1n) is 17.8. The molecule has 0 heterocycles. The van der Waals surface area contributed by atoms with E-state index in [0.717, 1.165) is 70.6 Å². The number of aliphatic hydroxyl groups excluding tert-OH is 1. The standard InChI is InChI=1S/C37H67NO5S/c1-3-5-7-9-11-13-15-17-19-21-23-25-27-29-31-33-37(40)38-35(34-44(41,42)43)36(39)32-30-28-26-24-22-20-18-16-14-12-10-8-6-4-2/h5,7,11,13,17,19,30,32,35-36,39H,3-4,6,8-10,12,14-16,18,20-29,31,33-34H2,1-2H3,(H,38,40)(H,41,42,43)/b7-5-,13-11-,19-17-,32-30+. The van der Waals surface area contributed by atoms with Crippen LogP contribution in [-0.4, -0.2) is 41.9 Å². The van der Waals surface area contributed by atoms with Gasteiger partial charge in [-0.15, -0.1) is 0 Å². The van der Waals surface area contributed by atoms with E-state index in [-0.39, 0.29) is 12.3 Å². The number of unbranched alkanes of at least 4 members (excludes halogenated alkanes) is 17. The number of hydrogen-bond donors (Lipinski definition) is 3. The molecule has 256 valence electrons. The zero-order chi connectivity index (χ0) is 32.6. The minimum atomic E-state index is -4.34. The Morgan fingerprint density at radius 3 is 1.61 bits per heavy atom. The summed E-state index contributed by atoms with van der Waals surface area (Å²) in [6, 6.07) is -1.06. The third-order valence-corrected chi connectivity index (χ3v) is 8.54. The highest BCUT2D eigenvalue weighted by molar-refractivity contribution is 7.85. The van der Waals surface area contributed by atoms with Crippen LogP contribution >= 0.6 is 0 Å². The molecule has 2 atom stereocenters. The SMILES string of the molecule is CC/C=C\C/C=C\C/C=C\CCCCCCCC(=O)NC(CS(=O)(=O)O)C(O)/C=C/CCCCCCCCCCCCCC. The predicted octanol–water partition coefficient (Wildman–Crippen LogP) is 9.96. The Kier molecular flexibility index (Phi) is 30.1. The van der Waals surface area contributed by atoms with Gasteiger partial charge in [0.25, 0.3) is 10.1 Å². The quantitative estimate of drug-likeness (QED) is 0.0399. The molecule has 0 aliphatic rings. The highest BCUT2D eigenvalue weighted by atomic mass is 32.2. The van der Waals surface area contributed by atoms with Crippen molar-refractivity contribution in [2.45, 2.75) is 174 Å². The van der Waals surface area contributed by atoms with E-state index in [1.54, 1.807) is 6.08 Å². The minimum Gasteiger partial charge on any atom is -0.387 e. The molecule has 44 heavy (non-hydrogen) atoms. The highest BCUT2D eigenvalue weighted by Gasteiger charge is 2.24. The predicted molar refractivity (Wildman–Crippen MR) is 188 cm³/mol. The summed E-state index contributed by atoms with van der Waals surface area (Å²) < 4.78 is 32.3. The summed E-state index contributed by atoms with van der Waals surface area (Å²) in [5, 5.41) is 13.2. The van der Waals surface area contributed by atoms with Crippen LogP contribution in [0.15, 0.2) is 48.6 Å². The Morgan fingerprint density at radius 2 is 1.09 bits per heavy atom. The lowest BCUT2D eigenvalue weighted by atomic mass is 10.0. The van der Waals surface area contributed by atoms with Crippen LogP contribution in [0.2, 0.25) is 0 Å². The third kappa shape index (κ3) is 31.7. The summed E-state index contributed by atoms with van der Waals surface area (Å²) in [7, 11) is -4.34. The molecule has 0 radical (unpaired) electrons. The number of rotatable bonds is 31. The molecule has 3 N–H and O–H groups in total. The van der Waals surface area contributed by atoms with Crippen LogP contribution in [0.5, 0.6) is 0 Å². The molecule has 7 heteroatoms. The maximum absolute atomic E-state index is 12.4. The molecule has 0 aromatic carbocycles. The fourth-order valence-corrected chi connectivity index (χ4v) is 5.84. The van der Waals surface area contributed by atoms with Crippen molar-refractivity contribution in [3.05, 3.63) is 48.6 Å². The van der Waals surface area contributed by atoms with Crippen LogP contribution in [0.1, 0.15) is 162 Å². The second kappa shape index (κ2) is 31.3. The summed E-state index contributed by atoms with van der Waals surface area (Å²) >= 11 is 0. The molecule has 0 saturated carbocycles. The molecule has 0 saturated heterocycles. The van der Waals surface area contributed by atoms with Crippen molar-refractivity contribution in [1.29, 1.82) is 0 Å². The van der Waals surface area contributed by atoms with E-state index in [4.69, 9.17) is 0 Å². The number of allylic oxidation sites excluding steroid dienone is 7. The molecule has 2 unspecified atom stereocenters. The average Bonchev–Trinajstić information content (AvgIpc) is 2.98. The van der Waals surface area contributed by atoms with E-state index in [1.807, 2.05) is 6.08 Å². The maximum atomic E-state index is 12.4. The summed E-state index contributed by atoms with van der Waals surface area (Å²) in [6.45, 7) is 4.39. The molecular formula is C37H67NO5S. The van der Waals surface area contributed by atoms with Crippen LogP contribution < -0.4 is 5.32 Å². The molecule has 0 aromatic heterocycles. The minimum absolute atomic E-state index is 0.275. The largest absolute Gasteiger partial charge is 0.387 e. The Labute approximate surface area is 271 Å². The second-order valence-electron chi connectivity index (χ2n) is 12.1. The van der Waals surface area contributed by atoms with E-state index in [9.17, 15) is 22.9 Å². The van der Waals surface area contributed by atoms with Crippen LogP contribution in [0.25, 0.3) is 0 Å². The number of amides is 1. The van der Waals surface area contributed by atoms with Crippen molar-refractivity contribution in [2.24, 2.45) is 0 Å². The number of carbonyl (C=O) groups is 1. The van der Waals surface area contributed by atoms with Gasteiger partial charge in [-0.3, -0.25) is 9.35 Å². The summed E-state index contributed by atoms with van der Waals surface area (Å²) in [4.78, 5) is 12.4. The molecule has 0 aliphatic heterocycles. The van der Waals surface area contributed by atoms with E-state index in [2.05, 4.69) is 55.6 Å². The molecule has 0 aliphatic carbocycles. The average molecular weight is 638 g/mol. The van der Waals surface area contributed by atoms with Gasteiger partial charge in [0.15, 0.2) is 0 Å². The van der Waals surface area contributed by atoms with E-state index >= 15 is 0 Å². The van der Waals surface area contributed by atoms with Crippen molar-refractivity contribution in [1.82, 2.24) is 5.32 Å². The van der Waals surface area contributed by atoms with Gasteiger partial charge in [0.1, 0.15) is 0 Å². The zero-order valence-electron chi connectivity index (χ0n) is 28.3. The van der Waals surface area contributed by atoms with Gasteiger partial charge in [-0.1, -0.05) is 152 Å². The van der Waals surface area contributed by atoms with Gasteiger partial charge in [-0.2, -0.15) is 8.42 Å². The Balaban J connectivity index is 4.05. The van der Waals surface area contributed by atoms with Crippen molar-refractivity contribution in [3.63, 3.8) is 0 Å². The fourth-order valence-electron chi connectivity index (χ4n) is 5.11. The molecule has 1 amide bonds. The second-order valence-corrected chi connectivity index (χ2v) is 13.6. The first-order chi connectivity index (χ1) is 21.3. The van der Waals surface area contributed by atoms with Gasteiger partial charge < -0.3 is 10.4 Å². The Bertz CT molecular complexity index is 878. The molecule has 0 spiro atoms. The van der Waals surface area contributed by atoms with Gasteiger partial charge in [-0.05, 0) is 51.4 Å². The van der Waals surface area contributed by atoms with Gasteiger partial charge >= 0.3 is 0 Å². The normalized spacial score (nSPS) is 14.0. The lowest BCUT2D eigenvalue weighted by Gasteiger charge is -2.21. The van der Waals surface area contributed by atoms with E-state index in [1.165, 1.54) is 64.2 Å². The summed E-state index contributed by atoms with van der Waals surface area (Å²) in [5.41, 5.74) is 0. The first-order valence-corrected chi connectivity index (χ1v) is 19.4. The van der Waals surface area contributed by atoms with Crippen LogP contribution in [0.3, 0.4) is 0 Å². The molecule has 6 nitrogen and oxygen atoms in total. The van der Waals surface area contributed by atoms with E-state index < -0.39 is 28.0 Å². The number of hydrogen-bond acceptors (Lipinski definition) is 4. The van der Waals surface area contributed by atoms with Crippen LogP contribution in [0, 0.1) is 0 Å². The van der Waals surface area contributed by atoms with Gasteiger partial charge in [0.2, 0.25) is 5.91 Å². The topological polar surface area (TPSA) is 104 Å². The van der Waals surface area contributed by atoms with E-state index in [0.29, 0.717) is 6.42 Å². The molecular weight excluding hydrogens is 570 g/mol. The zero-order valence-corrected chi connectivity index (χ0v) is 29.1. The molecule has 0 rings (SSSR count). The molecule has 0 aromatic rings. The van der Waals surface area contributed by atoms with Gasteiger partial charge in [0.05, 0.1) is 17.9 Å². The van der Waals surface area contributed by atoms with Crippen molar-refractivity contribution in [3.8, 4) is 0 Å². The lowest BCUT2D eigenvalue weighted by molar-refractivity contribution is -0.122. The first kappa shape index (κ1) is 42.3. The fraction of sp³-hybridized carbons (Fsp3) is 0.757. The Hall–Kier alpha value is -1.70. The van der Waals surface area contributed by atoms with Crippen LogP contribution in [-0.2, 0) is 14.9 Å². The van der Waals surface area contributed by atoms with Crippen molar-refractivity contribution in [2.75, 3.05) is 5.75 Å².